The van der Waals surface area contributed by atoms with Crippen molar-refractivity contribution in [1.82, 2.24) is 9.97 Å². The number of nitrogens with zero attached hydrogens (tertiary/aromatic N) is 2. The summed E-state index contributed by atoms with van der Waals surface area (Å²) in [7, 11) is 0. The van der Waals surface area contributed by atoms with E-state index < -0.39 is 5.97 Å². The lowest BCUT2D eigenvalue weighted by Gasteiger charge is -2.09. The Balaban J connectivity index is 2.20. The van der Waals surface area contributed by atoms with Gasteiger partial charge in [-0.1, -0.05) is 11.6 Å². The highest BCUT2D eigenvalue weighted by Gasteiger charge is 2.14. The topological polar surface area (TPSA) is 72.3 Å². The van der Waals surface area contributed by atoms with Gasteiger partial charge in [-0.05, 0) is 25.1 Å². The molecule has 5 nitrogen and oxygen atoms in total. The van der Waals surface area contributed by atoms with E-state index in [0.717, 1.165) is 5.56 Å². The second-order valence-electron chi connectivity index (χ2n) is 3.86. The van der Waals surface area contributed by atoms with Crippen molar-refractivity contribution in [3.05, 3.63) is 52.6 Å². The van der Waals surface area contributed by atoms with Gasteiger partial charge in [-0.25, -0.2) is 9.78 Å². The monoisotopic (exact) mass is 278 g/mol. The summed E-state index contributed by atoms with van der Waals surface area (Å²) in [5.41, 5.74) is 1.24. The molecular weight excluding hydrogens is 268 g/mol. The zero-order chi connectivity index (χ0) is 13.8. The van der Waals surface area contributed by atoms with Crippen LogP contribution >= 0.6 is 11.6 Å². The number of aryl methyl sites for hydroxylation is 1. The summed E-state index contributed by atoms with van der Waals surface area (Å²) in [6, 6.07) is 4.99. The lowest BCUT2D eigenvalue weighted by molar-refractivity contribution is 0.0684. The minimum absolute atomic E-state index is 0.106. The molecule has 0 radical (unpaired) electrons. The lowest BCUT2D eigenvalue weighted by atomic mass is 10.2. The fourth-order valence-electron chi connectivity index (χ4n) is 1.49. The van der Waals surface area contributed by atoms with Crippen LogP contribution in [0.15, 0.2) is 30.6 Å². The zero-order valence-corrected chi connectivity index (χ0v) is 10.9. The molecule has 2 aromatic rings. The van der Waals surface area contributed by atoms with Gasteiger partial charge in [-0.2, -0.15) is 0 Å². The zero-order valence-electron chi connectivity index (χ0n) is 10.1. The molecule has 0 saturated carbocycles. The molecule has 98 valence electrons. The van der Waals surface area contributed by atoms with E-state index in [1.165, 1.54) is 6.20 Å². The van der Waals surface area contributed by atoms with Crippen LogP contribution in [0, 0.1) is 6.92 Å². The highest BCUT2D eigenvalue weighted by Crippen LogP contribution is 2.20. The molecule has 0 fully saturated rings. The first-order valence-corrected chi connectivity index (χ1v) is 5.88. The minimum Gasteiger partial charge on any atom is -0.486 e. The normalized spacial score (nSPS) is 10.2. The number of hydrogen-bond donors (Lipinski definition) is 1. The van der Waals surface area contributed by atoms with E-state index in [-0.39, 0.29) is 18.1 Å². The molecule has 2 heterocycles. The largest absolute Gasteiger partial charge is 0.486 e. The number of rotatable bonds is 4. The highest BCUT2D eigenvalue weighted by atomic mass is 35.5. The number of carboxylic acids is 1. The number of aromatic nitrogens is 2. The Labute approximate surface area is 114 Å². The number of ether oxygens (including phenoxy) is 1. The molecule has 2 rings (SSSR count). The summed E-state index contributed by atoms with van der Waals surface area (Å²) in [5.74, 6) is -0.912. The smallest absolute Gasteiger partial charge is 0.358 e. The van der Waals surface area contributed by atoms with Gasteiger partial charge in [0.15, 0.2) is 11.4 Å². The Morgan fingerprint density at radius 3 is 2.89 bits per heavy atom. The van der Waals surface area contributed by atoms with Crippen LogP contribution in [0.2, 0.25) is 5.02 Å². The third-order valence-corrected chi connectivity index (χ3v) is 2.78. The molecule has 0 spiro atoms. The third kappa shape index (κ3) is 3.20. The maximum absolute atomic E-state index is 11.1. The van der Waals surface area contributed by atoms with E-state index in [0.29, 0.717) is 10.7 Å². The summed E-state index contributed by atoms with van der Waals surface area (Å²) in [4.78, 5) is 18.9. The molecule has 0 saturated heterocycles. The molecule has 0 bridgehead atoms. The van der Waals surface area contributed by atoms with Crippen LogP contribution in [-0.4, -0.2) is 21.0 Å². The van der Waals surface area contributed by atoms with Crippen molar-refractivity contribution in [2.24, 2.45) is 0 Å². The van der Waals surface area contributed by atoms with E-state index in [1.54, 1.807) is 31.3 Å². The van der Waals surface area contributed by atoms with Crippen molar-refractivity contribution in [3.8, 4) is 5.75 Å². The number of aromatic carboxylic acids is 1. The van der Waals surface area contributed by atoms with Crippen molar-refractivity contribution in [2.45, 2.75) is 13.5 Å². The van der Waals surface area contributed by atoms with Gasteiger partial charge in [0.25, 0.3) is 0 Å². The maximum Gasteiger partial charge on any atom is 0.358 e. The maximum atomic E-state index is 11.1. The van der Waals surface area contributed by atoms with E-state index in [4.69, 9.17) is 21.4 Å². The van der Waals surface area contributed by atoms with Gasteiger partial charge in [-0.15, -0.1) is 0 Å². The summed E-state index contributed by atoms with van der Waals surface area (Å²) >= 11 is 5.94. The quantitative estimate of drug-likeness (QED) is 0.931. The average molecular weight is 279 g/mol. The SMILES string of the molecule is Cc1ccc(OCc2ccncc2Cl)c(C(=O)O)n1. The molecule has 0 aromatic carbocycles. The number of carbonyl (C=O) groups is 1. The van der Waals surface area contributed by atoms with Crippen LogP contribution in [0.5, 0.6) is 5.75 Å². The number of pyridine rings is 2. The van der Waals surface area contributed by atoms with E-state index >= 15 is 0 Å². The lowest BCUT2D eigenvalue weighted by Crippen LogP contribution is -2.07. The molecule has 0 amide bonds. The van der Waals surface area contributed by atoms with Gasteiger partial charge >= 0.3 is 5.97 Å². The molecule has 0 unspecified atom stereocenters. The summed E-state index contributed by atoms with van der Waals surface area (Å²) in [5, 5.41) is 9.54. The number of halogens is 1. The fraction of sp³-hybridized carbons (Fsp3) is 0.154. The molecule has 1 N–H and O–H groups in total. The fourth-order valence-corrected chi connectivity index (χ4v) is 1.66. The van der Waals surface area contributed by atoms with Crippen LogP contribution < -0.4 is 4.74 Å². The first-order valence-electron chi connectivity index (χ1n) is 5.50. The van der Waals surface area contributed by atoms with Crippen molar-refractivity contribution in [2.75, 3.05) is 0 Å². The Hall–Kier alpha value is -2.14. The molecular formula is C13H11ClN2O3. The first-order chi connectivity index (χ1) is 9.08. The highest BCUT2D eigenvalue weighted by molar-refractivity contribution is 6.31. The first kappa shape index (κ1) is 13.3. The molecule has 19 heavy (non-hydrogen) atoms. The predicted molar refractivity (Wildman–Crippen MR) is 69.5 cm³/mol. The molecule has 0 atom stereocenters. The standard InChI is InChI=1S/C13H11ClN2O3/c1-8-2-3-11(12(16-8)13(17)18)19-7-9-4-5-15-6-10(9)14/h2-6H,7H2,1H3,(H,17,18). The number of carboxylic acid groups (broad SMARTS) is 1. The van der Waals surface area contributed by atoms with Gasteiger partial charge in [0.05, 0.1) is 5.02 Å². The average Bonchev–Trinajstić information content (AvgIpc) is 2.38. The molecule has 0 aliphatic carbocycles. The molecule has 6 heteroatoms. The van der Waals surface area contributed by atoms with Crippen LogP contribution in [0.1, 0.15) is 21.7 Å². The van der Waals surface area contributed by atoms with Crippen LogP contribution in [0.4, 0.5) is 0 Å². The summed E-state index contributed by atoms with van der Waals surface area (Å²) in [6.07, 6.45) is 3.10. The second-order valence-corrected chi connectivity index (χ2v) is 4.27. The number of hydrogen-bond acceptors (Lipinski definition) is 4. The van der Waals surface area contributed by atoms with Gasteiger partial charge in [-0.3, -0.25) is 4.98 Å². The van der Waals surface area contributed by atoms with Crippen LogP contribution in [0.25, 0.3) is 0 Å². The summed E-state index contributed by atoms with van der Waals surface area (Å²) in [6.45, 7) is 1.88. The van der Waals surface area contributed by atoms with Gasteiger partial charge in [0.1, 0.15) is 6.61 Å². The van der Waals surface area contributed by atoms with Crippen LogP contribution in [-0.2, 0) is 6.61 Å². The van der Waals surface area contributed by atoms with Crippen LogP contribution in [0.3, 0.4) is 0 Å². The van der Waals surface area contributed by atoms with Crippen molar-refractivity contribution >= 4 is 17.6 Å². The summed E-state index contributed by atoms with van der Waals surface area (Å²) < 4.78 is 5.46. The Morgan fingerprint density at radius 2 is 2.21 bits per heavy atom. The van der Waals surface area contributed by atoms with Crippen molar-refractivity contribution in [1.29, 1.82) is 0 Å². The van der Waals surface area contributed by atoms with Crippen molar-refractivity contribution in [3.63, 3.8) is 0 Å². The Morgan fingerprint density at radius 1 is 1.42 bits per heavy atom. The van der Waals surface area contributed by atoms with Gasteiger partial charge in [0.2, 0.25) is 0 Å². The Kier molecular flexibility index (Phi) is 3.97. The minimum atomic E-state index is -1.13. The van der Waals surface area contributed by atoms with E-state index in [2.05, 4.69) is 9.97 Å². The Bertz CT molecular complexity index is 617. The van der Waals surface area contributed by atoms with Gasteiger partial charge < -0.3 is 9.84 Å². The second kappa shape index (κ2) is 5.67. The van der Waals surface area contributed by atoms with Crippen molar-refractivity contribution < 1.29 is 14.6 Å². The molecule has 0 aliphatic rings. The van der Waals surface area contributed by atoms with E-state index in [9.17, 15) is 4.79 Å². The van der Waals surface area contributed by atoms with E-state index in [1.807, 2.05) is 0 Å². The third-order valence-electron chi connectivity index (χ3n) is 2.44. The molecule has 2 aromatic heterocycles. The molecule has 0 aliphatic heterocycles. The predicted octanol–water partition coefficient (Wildman–Crippen LogP) is 2.72. The van der Waals surface area contributed by atoms with Gasteiger partial charge in [0, 0.05) is 23.7 Å².